The van der Waals surface area contributed by atoms with Crippen LogP contribution in [-0.4, -0.2) is 47.2 Å². The summed E-state index contributed by atoms with van der Waals surface area (Å²) in [7, 11) is 0. The Morgan fingerprint density at radius 1 is 0.906 bits per heavy atom. The van der Waals surface area contributed by atoms with E-state index in [0.29, 0.717) is 31.8 Å². The van der Waals surface area contributed by atoms with E-state index in [2.05, 4.69) is 28.1 Å². The first-order valence-corrected chi connectivity index (χ1v) is 10.6. The van der Waals surface area contributed by atoms with Crippen molar-refractivity contribution in [2.45, 2.75) is 6.92 Å². The van der Waals surface area contributed by atoms with E-state index < -0.39 is 5.63 Å². The summed E-state index contributed by atoms with van der Waals surface area (Å²) >= 11 is 0. The van der Waals surface area contributed by atoms with E-state index in [9.17, 15) is 9.59 Å². The summed E-state index contributed by atoms with van der Waals surface area (Å²) in [5.41, 5.74) is 3.00. The fourth-order valence-corrected chi connectivity index (χ4v) is 4.02. The Morgan fingerprint density at radius 3 is 2.41 bits per heavy atom. The molecule has 1 fully saturated rings. The largest absolute Gasteiger partial charge is 0.422 e. The molecule has 0 radical (unpaired) electrons. The van der Waals surface area contributed by atoms with E-state index in [4.69, 9.17) is 4.42 Å². The summed E-state index contributed by atoms with van der Waals surface area (Å²) in [6.45, 7) is 4.27. The summed E-state index contributed by atoms with van der Waals surface area (Å²) in [6, 6.07) is 20.8. The van der Waals surface area contributed by atoms with Crippen molar-refractivity contribution in [2.75, 3.05) is 31.1 Å². The predicted molar refractivity (Wildman–Crippen MR) is 123 cm³/mol. The molecule has 0 unspecified atom stereocenters. The first kappa shape index (κ1) is 19.9. The Kier molecular flexibility index (Phi) is 5.15. The van der Waals surface area contributed by atoms with Crippen LogP contribution in [-0.2, 0) is 0 Å². The lowest BCUT2D eigenvalue weighted by molar-refractivity contribution is 0.0742. The molecule has 4 aromatic rings. The topological polar surface area (TPSA) is 79.5 Å². The molecule has 0 bridgehead atoms. The van der Waals surface area contributed by atoms with Gasteiger partial charge in [-0.2, -0.15) is 0 Å². The van der Waals surface area contributed by atoms with Gasteiger partial charge in [0.2, 0.25) is 0 Å². The molecule has 3 heterocycles. The van der Waals surface area contributed by atoms with Crippen molar-refractivity contribution in [3.05, 3.63) is 88.3 Å². The van der Waals surface area contributed by atoms with Gasteiger partial charge in [0, 0.05) is 37.1 Å². The Bertz CT molecular complexity index is 1340. The molecule has 0 saturated carbocycles. The highest BCUT2D eigenvalue weighted by Gasteiger charge is 2.25. The van der Waals surface area contributed by atoms with Gasteiger partial charge < -0.3 is 14.2 Å². The third-order valence-electron chi connectivity index (χ3n) is 5.83. The fourth-order valence-electron chi connectivity index (χ4n) is 4.02. The van der Waals surface area contributed by atoms with E-state index in [1.54, 1.807) is 23.1 Å². The number of carbonyl (C=O) groups is 1. The maximum atomic E-state index is 13.0. The van der Waals surface area contributed by atoms with Crippen LogP contribution in [0.4, 0.5) is 5.82 Å². The van der Waals surface area contributed by atoms with E-state index in [0.717, 1.165) is 28.0 Å². The molecule has 0 aliphatic carbocycles. The second kappa shape index (κ2) is 8.26. The number of carbonyl (C=O) groups excluding carboxylic acids is 1. The molecule has 0 atom stereocenters. The molecule has 1 aliphatic rings. The Hall–Kier alpha value is -4.00. The maximum Gasteiger partial charge on any atom is 0.349 e. The second-order valence-corrected chi connectivity index (χ2v) is 7.86. The molecule has 2 aromatic heterocycles. The van der Waals surface area contributed by atoms with Crippen LogP contribution in [0.5, 0.6) is 0 Å². The SMILES string of the molecule is Cc1ccccc1-c1ccc(N2CCN(C(=O)c3cc4ccccc4oc3=O)CC2)nn1. The number of amides is 1. The van der Waals surface area contributed by atoms with E-state index in [-0.39, 0.29) is 11.5 Å². The van der Waals surface area contributed by atoms with Crippen LogP contribution < -0.4 is 10.5 Å². The first-order chi connectivity index (χ1) is 15.6. The number of aromatic nitrogens is 2. The van der Waals surface area contributed by atoms with Gasteiger partial charge in [-0.1, -0.05) is 42.5 Å². The molecule has 160 valence electrons. The van der Waals surface area contributed by atoms with Gasteiger partial charge in [-0.3, -0.25) is 4.79 Å². The Labute approximate surface area is 184 Å². The average Bonchev–Trinajstić information content (AvgIpc) is 2.84. The molecule has 7 nitrogen and oxygen atoms in total. The zero-order chi connectivity index (χ0) is 22.1. The number of piperazine rings is 1. The van der Waals surface area contributed by atoms with Crippen molar-refractivity contribution >= 4 is 22.7 Å². The molecule has 7 heteroatoms. The fraction of sp³-hybridized carbons (Fsp3) is 0.200. The number of anilines is 1. The van der Waals surface area contributed by atoms with Crippen LogP contribution in [0.3, 0.4) is 0 Å². The molecule has 0 N–H and O–H groups in total. The van der Waals surface area contributed by atoms with Gasteiger partial charge in [0.05, 0.1) is 5.69 Å². The number of rotatable bonds is 3. The number of hydrogen-bond donors (Lipinski definition) is 0. The third-order valence-corrected chi connectivity index (χ3v) is 5.83. The van der Waals surface area contributed by atoms with Crippen molar-refractivity contribution in [3.63, 3.8) is 0 Å². The predicted octanol–water partition coefficient (Wildman–Crippen LogP) is 3.52. The van der Waals surface area contributed by atoms with Crippen LogP contribution in [0.1, 0.15) is 15.9 Å². The summed E-state index contributed by atoms with van der Waals surface area (Å²) in [6.07, 6.45) is 0. The van der Waals surface area contributed by atoms with Crippen LogP contribution in [0.2, 0.25) is 0 Å². The van der Waals surface area contributed by atoms with Crippen molar-refractivity contribution in [3.8, 4) is 11.3 Å². The molecule has 1 aliphatic heterocycles. The molecule has 2 aromatic carbocycles. The summed E-state index contributed by atoms with van der Waals surface area (Å²) in [5, 5.41) is 9.54. The number of benzene rings is 2. The van der Waals surface area contributed by atoms with Crippen LogP contribution in [0.15, 0.2) is 75.9 Å². The van der Waals surface area contributed by atoms with Crippen molar-refractivity contribution in [1.82, 2.24) is 15.1 Å². The summed E-state index contributed by atoms with van der Waals surface area (Å²) in [5.74, 6) is 0.477. The second-order valence-electron chi connectivity index (χ2n) is 7.86. The zero-order valence-corrected chi connectivity index (χ0v) is 17.7. The number of para-hydroxylation sites is 1. The van der Waals surface area contributed by atoms with E-state index in [1.807, 2.05) is 42.5 Å². The van der Waals surface area contributed by atoms with Crippen molar-refractivity contribution < 1.29 is 9.21 Å². The van der Waals surface area contributed by atoms with Gasteiger partial charge in [0.15, 0.2) is 5.82 Å². The standard InChI is InChI=1S/C25H22N4O3/c1-17-6-2-4-8-19(17)21-10-11-23(27-26-21)28-12-14-29(15-13-28)24(30)20-16-18-7-3-5-9-22(18)32-25(20)31/h2-11,16H,12-15H2,1H3. The Morgan fingerprint density at radius 2 is 1.66 bits per heavy atom. The van der Waals surface area contributed by atoms with Gasteiger partial charge >= 0.3 is 5.63 Å². The smallest absolute Gasteiger partial charge is 0.349 e. The highest BCUT2D eigenvalue weighted by Crippen LogP contribution is 2.22. The molecular weight excluding hydrogens is 404 g/mol. The average molecular weight is 426 g/mol. The van der Waals surface area contributed by atoms with Crippen LogP contribution in [0.25, 0.3) is 22.2 Å². The molecule has 5 rings (SSSR count). The third kappa shape index (κ3) is 3.73. The number of fused-ring (bicyclic) bond motifs is 1. The van der Waals surface area contributed by atoms with Gasteiger partial charge in [-0.05, 0) is 36.8 Å². The zero-order valence-electron chi connectivity index (χ0n) is 17.7. The normalized spacial score (nSPS) is 14.0. The first-order valence-electron chi connectivity index (χ1n) is 10.6. The minimum Gasteiger partial charge on any atom is -0.422 e. The quantitative estimate of drug-likeness (QED) is 0.467. The molecule has 32 heavy (non-hydrogen) atoms. The summed E-state index contributed by atoms with van der Waals surface area (Å²) < 4.78 is 5.32. The highest BCUT2D eigenvalue weighted by molar-refractivity contribution is 5.96. The van der Waals surface area contributed by atoms with E-state index in [1.165, 1.54) is 0 Å². The van der Waals surface area contributed by atoms with Crippen LogP contribution in [0, 0.1) is 6.92 Å². The van der Waals surface area contributed by atoms with E-state index >= 15 is 0 Å². The number of hydrogen-bond acceptors (Lipinski definition) is 6. The van der Waals surface area contributed by atoms with Gasteiger partial charge in [-0.15, -0.1) is 10.2 Å². The van der Waals surface area contributed by atoms with Crippen molar-refractivity contribution in [1.29, 1.82) is 0 Å². The maximum absolute atomic E-state index is 13.0. The monoisotopic (exact) mass is 426 g/mol. The minimum absolute atomic E-state index is 0.0690. The van der Waals surface area contributed by atoms with Gasteiger partial charge in [-0.25, -0.2) is 4.79 Å². The lowest BCUT2D eigenvalue weighted by Gasteiger charge is -2.35. The molecular formula is C25H22N4O3. The van der Waals surface area contributed by atoms with Gasteiger partial charge in [0.25, 0.3) is 5.91 Å². The Balaban J connectivity index is 1.28. The number of aryl methyl sites for hydroxylation is 1. The lowest BCUT2D eigenvalue weighted by atomic mass is 10.1. The summed E-state index contributed by atoms with van der Waals surface area (Å²) in [4.78, 5) is 29.1. The molecule has 0 spiro atoms. The van der Waals surface area contributed by atoms with Gasteiger partial charge in [0.1, 0.15) is 11.1 Å². The minimum atomic E-state index is -0.603. The molecule has 1 saturated heterocycles. The molecule has 1 amide bonds. The lowest BCUT2D eigenvalue weighted by Crippen LogP contribution is -2.49. The van der Waals surface area contributed by atoms with Crippen molar-refractivity contribution in [2.24, 2.45) is 0 Å². The number of nitrogens with zero attached hydrogens (tertiary/aromatic N) is 4. The van der Waals surface area contributed by atoms with Crippen LogP contribution >= 0.6 is 0 Å². The highest BCUT2D eigenvalue weighted by atomic mass is 16.4.